The fourth-order valence-electron chi connectivity index (χ4n) is 1.54. The molecule has 0 atom stereocenters. The van der Waals surface area contributed by atoms with Crippen LogP contribution in [-0.4, -0.2) is 17.6 Å². The van der Waals surface area contributed by atoms with E-state index >= 15 is 0 Å². The number of aliphatic hydroxyl groups excluding tert-OH is 1. The zero-order valence-electron chi connectivity index (χ0n) is 10.7. The molecule has 2 aromatic heterocycles. The van der Waals surface area contributed by atoms with Crippen molar-refractivity contribution >= 4 is 40.2 Å². The van der Waals surface area contributed by atoms with Crippen LogP contribution in [0.25, 0.3) is 0 Å². The Kier molecular flexibility index (Phi) is 5.21. The summed E-state index contributed by atoms with van der Waals surface area (Å²) in [6.45, 7) is 2.18. The fraction of sp³-hybridized carbons (Fsp3) is 0.214. The number of hydrogen-bond acceptors (Lipinski definition) is 4. The third kappa shape index (κ3) is 3.84. The molecular weight excluding hydrogens is 314 g/mol. The molecule has 6 heteroatoms. The van der Waals surface area contributed by atoms with Crippen molar-refractivity contribution in [1.29, 1.82) is 0 Å². The van der Waals surface area contributed by atoms with Crippen molar-refractivity contribution in [2.75, 3.05) is 6.61 Å². The number of thiophene rings is 2. The molecule has 2 heterocycles. The monoisotopic (exact) mass is 325 g/mol. The number of amides is 1. The van der Waals surface area contributed by atoms with E-state index in [0.29, 0.717) is 15.8 Å². The van der Waals surface area contributed by atoms with Gasteiger partial charge in [0.1, 0.15) is 6.61 Å². The summed E-state index contributed by atoms with van der Waals surface area (Å²) in [5.74, 6) is 5.30. The predicted molar refractivity (Wildman–Crippen MR) is 83.5 cm³/mol. The van der Waals surface area contributed by atoms with Crippen LogP contribution in [0.3, 0.4) is 0 Å². The summed E-state index contributed by atoms with van der Waals surface area (Å²) in [7, 11) is 0. The van der Waals surface area contributed by atoms with Gasteiger partial charge < -0.3 is 10.4 Å². The van der Waals surface area contributed by atoms with Gasteiger partial charge in [0.15, 0.2) is 0 Å². The molecule has 0 aliphatic heterocycles. The van der Waals surface area contributed by atoms with Crippen molar-refractivity contribution in [3.8, 4) is 11.8 Å². The van der Waals surface area contributed by atoms with Gasteiger partial charge in [-0.1, -0.05) is 23.4 Å². The van der Waals surface area contributed by atoms with Crippen LogP contribution in [0.5, 0.6) is 0 Å². The number of halogens is 1. The van der Waals surface area contributed by atoms with Gasteiger partial charge in [-0.3, -0.25) is 4.79 Å². The minimum absolute atomic E-state index is 0.125. The quantitative estimate of drug-likeness (QED) is 0.852. The van der Waals surface area contributed by atoms with Gasteiger partial charge in [-0.15, -0.1) is 22.7 Å². The van der Waals surface area contributed by atoms with Gasteiger partial charge in [-0.25, -0.2) is 0 Å². The molecule has 0 bridgehead atoms. The summed E-state index contributed by atoms with van der Waals surface area (Å²) < 4.78 is 0.711. The largest absolute Gasteiger partial charge is 0.384 e. The molecule has 2 rings (SSSR count). The Labute approximate surface area is 130 Å². The first-order chi connectivity index (χ1) is 9.60. The molecule has 0 unspecified atom stereocenters. The van der Waals surface area contributed by atoms with Crippen molar-refractivity contribution in [2.24, 2.45) is 0 Å². The van der Waals surface area contributed by atoms with Crippen LogP contribution in [0.2, 0.25) is 4.34 Å². The maximum Gasteiger partial charge on any atom is 0.261 e. The molecular formula is C14H12ClNO2S2. The third-order valence-corrected chi connectivity index (χ3v) is 4.86. The second-order valence-corrected chi connectivity index (χ2v) is 6.82. The lowest BCUT2D eigenvalue weighted by Crippen LogP contribution is -2.21. The Hall–Kier alpha value is -1.32. The molecule has 20 heavy (non-hydrogen) atoms. The highest BCUT2D eigenvalue weighted by Crippen LogP contribution is 2.23. The predicted octanol–water partition coefficient (Wildman–Crippen LogP) is 3.05. The number of aryl methyl sites for hydroxylation is 1. The molecule has 0 spiro atoms. The summed E-state index contributed by atoms with van der Waals surface area (Å²) in [6, 6.07) is 5.51. The summed E-state index contributed by atoms with van der Waals surface area (Å²) >= 11 is 8.61. The molecule has 0 fully saturated rings. The lowest BCUT2D eigenvalue weighted by molar-refractivity contribution is 0.0955. The van der Waals surface area contributed by atoms with E-state index in [2.05, 4.69) is 17.2 Å². The van der Waals surface area contributed by atoms with E-state index in [1.54, 1.807) is 0 Å². The molecule has 104 valence electrons. The zero-order valence-corrected chi connectivity index (χ0v) is 13.1. The Morgan fingerprint density at radius 3 is 2.90 bits per heavy atom. The normalized spacial score (nSPS) is 9.95. The average Bonchev–Trinajstić information content (AvgIpc) is 3.00. The molecule has 0 radical (unpaired) electrons. The molecule has 0 saturated heterocycles. The van der Waals surface area contributed by atoms with Gasteiger partial charge in [0.05, 0.1) is 20.6 Å². The Morgan fingerprint density at radius 2 is 2.25 bits per heavy atom. The number of aliphatic hydroxyl groups is 1. The van der Waals surface area contributed by atoms with Crippen molar-refractivity contribution in [1.82, 2.24) is 5.32 Å². The van der Waals surface area contributed by atoms with Gasteiger partial charge in [0.25, 0.3) is 5.91 Å². The van der Waals surface area contributed by atoms with Crippen LogP contribution < -0.4 is 5.32 Å². The third-order valence-electron chi connectivity index (χ3n) is 2.47. The summed E-state index contributed by atoms with van der Waals surface area (Å²) in [5.41, 5.74) is 0.945. The first-order valence-electron chi connectivity index (χ1n) is 5.82. The summed E-state index contributed by atoms with van der Waals surface area (Å²) in [6.07, 6.45) is 0. The smallest absolute Gasteiger partial charge is 0.261 e. The minimum Gasteiger partial charge on any atom is -0.384 e. The topological polar surface area (TPSA) is 49.3 Å². The highest BCUT2D eigenvalue weighted by atomic mass is 35.5. The second kappa shape index (κ2) is 6.91. The Balaban J connectivity index is 2.02. The van der Waals surface area contributed by atoms with E-state index in [4.69, 9.17) is 16.7 Å². The van der Waals surface area contributed by atoms with Crippen LogP contribution in [0.4, 0.5) is 0 Å². The summed E-state index contributed by atoms with van der Waals surface area (Å²) in [4.78, 5) is 14.5. The van der Waals surface area contributed by atoms with Crippen molar-refractivity contribution < 1.29 is 9.90 Å². The van der Waals surface area contributed by atoms with E-state index in [1.165, 1.54) is 22.7 Å². The number of rotatable bonds is 3. The molecule has 0 saturated carbocycles. The number of carbonyl (C=O) groups is 1. The number of nitrogens with one attached hydrogen (secondary N) is 1. The first kappa shape index (κ1) is 15.1. The van der Waals surface area contributed by atoms with Crippen molar-refractivity contribution in [2.45, 2.75) is 13.5 Å². The van der Waals surface area contributed by atoms with Crippen molar-refractivity contribution in [3.63, 3.8) is 0 Å². The maximum atomic E-state index is 12.0. The minimum atomic E-state index is -0.183. The lowest BCUT2D eigenvalue weighted by atomic mass is 10.2. The molecule has 0 aromatic carbocycles. The molecule has 0 aliphatic rings. The van der Waals surface area contributed by atoms with Crippen LogP contribution in [0.1, 0.15) is 25.0 Å². The molecule has 1 amide bonds. The first-order valence-corrected chi connectivity index (χ1v) is 7.84. The van der Waals surface area contributed by atoms with E-state index < -0.39 is 0 Å². The van der Waals surface area contributed by atoms with Gasteiger partial charge in [0, 0.05) is 4.88 Å². The van der Waals surface area contributed by atoms with Gasteiger partial charge >= 0.3 is 0 Å². The van der Waals surface area contributed by atoms with E-state index in [-0.39, 0.29) is 12.5 Å². The molecule has 2 N–H and O–H groups in total. The van der Waals surface area contributed by atoms with E-state index in [0.717, 1.165) is 15.3 Å². The molecule has 3 nitrogen and oxygen atoms in total. The standard InChI is InChI=1S/C14H12ClNO2S2/c1-9-7-12(20-11(9)3-2-6-17)14(18)16-8-10-4-5-13(15)19-10/h4-5,7,17H,6,8H2,1H3,(H,16,18). The second-order valence-electron chi connectivity index (χ2n) is 3.97. The van der Waals surface area contributed by atoms with Crippen LogP contribution in [0, 0.1) is 18.8 Å². The van der Waals surface area contributed by atoms with Crippen LogP contribution >= 0.6 is 34.3 Å². The fourth-order valence-corrected chi connectivity index (χ4v) is 3.53. The van der Waals surface area contributed by atoms with Gasteiger partial charge in [0.2, 0.25) is 0 Å². The highest BCUT2D eigenvalue weighted by molar-refractivity contribution is 7.16. The average molecular weight is 326 g/mol. The van der Waals surface area contributed by atoms with Gasteiger partial charge in [-0.05, 0) is 30.7 Å². The van der Waals surface area contributed by atoms with Crippen LogP contribution in [-0.2, 0) is 6.54 Å². The van der Waals surface area contributed by atoms with E-state index in [1.807, 2.05) is 25.1 Å². The number of hydrogen-bond donors (Lipinski definition) is 2. The maximum absolute atomic E-state index is 12.0. The SMILES string of the molecule is Cc1cc(C(=O)NCc2ccc(Cl)s2)sc1C#CCO. The number of carbonyl (C=O) groups excluding carboxylic acids is 1. The summed E-state index contributed by atoms with van der Waals surface area (Å²) in [5, 5.41) is 11.5. The molecule has 0 aliphatic carbocycles. The Morgan fingerprint density at radius 1 is 1.45 bits per heavy atom. The van der Waals surface area contributed by atoms with Crippen LogP contribution in [0.15, 0.2) is 18.2 Å². The van der Waals surface area contributed by atoms with E-state index in [9.17, 15) is 4.79 Å². The van der Waals surface area contributed by atoms with Gasteiger partial charge in [-0.2, -0.15) is 0 Å². The zero-order chi connectivity index (χ0) is 14.5. The Bertz CT molecular complexity index is 679. The highest BCUT2D eigenvalue weighted by Gasteiger charge is 2.11. The lowest BCUT2D eigenvalue weighted by Gasteiger charge is -2.00. The molecule has 2 aromatic rings. The van der Waals surface area contributed by atoms with Crippen molar-refractivity contribution in [3.05, 3.63) is 42.7 Å².